The van der Waals surface area contributed by atoms with Gasteiger partial charge in [-0.3, -0.25) is 4.90 Å². The minimum absolute atomic E-state index is 0.268. The van der Waals surface area contributed by atoms with Gasteiger partial charge < -0.3 is 14.9 Å². The first-order chi connectivity index (χ1) is 10.2. The Morgan fingerprint density at radius 2 is 2.05 bits per heavy atom. The molecule has 3 rings (SSSR count). The van der Waals surface area contributed by atoms with Gasteiger partial charge in [-0.2, -0.15) is 0 Å². The first-order valence-electron chi connectivity index (χ1n) is 6.96. The zero-order chi connectivity index (χ0) is 14.8. The lowest BCUT2D eigenvalue weighted by Crippen LogP contribution is -2.60. The number of benzene rings is 1. The second kappa shape index (κ2) is 5.73. The predicted octanol–water partition coefficient (Wildman–Crippen LogP) is 2.31. The molecule has 1 unspecified atom stereocenters. The predicted molar refractivity (Wildman–Crippen MR) is 83.6 cm³/mol. The molecule has 0 aliphatic carbocycles. The molecular formula is C15H17N3O2S. The molecule has 2 aliphatic rings. The zero-order valence-electron chi connectivity index (χ0n) is 11.6. The van der Waals surface area contributed by atoms with Crippen LogP contribution in [0, 0.1) is 0 Å². The highest BCUT2D eigenvalue weighted by molar-refractivity contribution is 7.80. The molecule has 1 aromatic rings. The van der Waals surface area contributed by atoms with Crippen molar-refractivity contribution in [1.29, 1.82) is 0 Å². The summed E-state index contributed by atoms with van der Waals surface area (Å²) in [6.07, 6.45) is 3.45. The number of hydrogen-bond acceptors (Lipinski definition) is 2. The average Bonchev–Trinajstić information content (AvgIpc) is 2.50. The number of carboxylic acid groups (broad SMARTS) is 1. The first-order valence-corrected chi connectivity index (χ1v) is 7.37. The van der Waals surface area contributed by atoms with E-state index in [9.17, 15) is 9.90 Å². The molecular weight excluding hydrogens is 286 g/mol. The van der Waals surface area contributed by atoms with E-state index in [1.54, 1.807) is 0 Å². The largest absolute Gasteiger partial charge is 0.465 e. The number of thiocarbonyl (C=S) groups is 1. The molecule has 6 heteroatoms. The van der Waals surface area contributed by atoms with Crippen LogP contribution >= 0.6 is 12.2 Å². The van der Waals surface area contributed by atoms with E-state index < -0.39 is 6.09 Å². The number of amides is 1. The summed E-state index contributed by atoms with van der Waals surface area (Å²) in [5.41, 5.74) is 1.18. The molecule has 1 amide bonds. The monoisotopic (exact) mass is 303 g/mol. The number of hydrogen-bond donors (Lipinski definition) is 1. The summed E-state index contributed by atoms with van der Waals surface area (Å²) in [4.78, 5) is 16.7. The van der Waals surface area contributed by atoms with Crippen LogP contribution in [0.25, 0.3) is 0 Å². The molecule has 2 heterocycles. The SMILES string of the molecule is O=C(O)N1CCCN2C(=S)N(Cc3ccccc3)C=CC12. The Morgan fingerprint density at radius 3 is 2.76 bits per heavy atom. The second-order valence-electron chi connectivity index (χ2n) is 5.17. The van der Waals surface area contributed by atoms with Crippen LogP contribution in [0.1, 0.15) is 12.0 Å². The maximum atomic E-state index is 11.3. The van der Waals surface area contributed by atoms with Crippen LogP contribution in [0.15, 0.2) is 42.6 Å². The number of fused-ring (bicyclic) bond motifs is 1. The van der Waals surface area contributed by atoms with Gasteiger partial charge in [0.05, 0.1) is 0 Å². The molecule has 1 N–H and O–H groups in total. The lowest BCUT2D eigenvalue weighted by Gasteiger charge is -2.46. The third-order valence-corrected chi connectivity index (χ3v) is 4.28. The van der Waals surface area contributed by atoms with E-state index in [0.717, 1.165) is 13.0 Å². The van der Waals surface area contributed by atoms with Crippen LogP contribution in [-0.4, -0.2) is 50.3 Å². The third-order valence-electron chi connectivity index (χ3n) is 3.81. The lowest BCUT2D eigenvalue weighted by atomic mass is 10.1. The van der Waals surface area contributed by atoms with Gasteiger partial charge in [0.25, 0.3) is 0 Å². The fourth-order valence-electron chi connectivity index (χ4n) is 2.78. The second-order valence-corrected chi connectivity index (χ2v) is 5.54. The van der Waals surface area contributed by atoms with Crippen molar-refractivity contribution in [2.75, 3.05) is 13.1 Å². The minimum atomic E-state index is -0.895. The molecule has 0 spiro atoms. The van der Waals surface area contributed by atoms with Crippen LogP contribution in [-0.2, 0) is 6.54 Å². The molecule has 1 atom stereocenters. The van der Waals surface area contributed by atoms with Gasteiger partial charge in [-0.25, -0.2) is 4.79 Å². The Bertz CT molecular complexity index is 576. The molecule has 0 bridgehead atoms. The maximum absolute atomic E-state index is 11.3. The average molecular weight is 303 g/mol. The molecule has 110 valence electrons. The van der Waals surface area contributed by atoms with Gasteiger partial charge in [0.2, 0.25) is 0 Å². The van der Waals surface area contributed by atoms with Crippen molar-refractivity contribution in [3.05, 3.63) is 48.2 Å². The van der Waals surface area contributed by atoms with Gasteiger partial charge in [0.15, 0.2) is 5.11 Å². The Labute approximate surface area is 129 Å². The van der Waals surface area contributed by atoms with E-state index in [1.807, 2.05) is 40.3 Å². The van der Waals surface area contributed by atoms with E-state index in [4.69, 9.17) is 12.2 Å². The topological polar surface area (TPSA) is 47.0 Å². The van der Waals surface area contributed by atoms with E-state index in [1.165, 1.54) is 10.5 Å². The molecule has 0 saturated carbocycles. The van der Waals surface area contributed by atoms with Crippen molar-refractivity contribution in [2.24, 2.45) is 0 Å². The third kappa shape index (κ3) is 2.71. The smallest absolute Gasteiger partial charge is 0.409 e. The van der Waals surface area contributed by atoms with Crippen molar-refractivity contribution in [1.82, 2.24) is 14.7 Å². The van der Waals surface area contributed by atoms with Crippen molar-refractivity contribution in [2.45, 2.75) is 19.1 Å². The summed E-state index contributed by atoms with van der Waals surface area (Å²) in [7, 11) is 0. The molecule has 21 heavy (non-hydrogen) atoms. The van der Waals surface area contributed by atoms with Crippen LogP contribution in [0.5, 0.6) is 0 Å². The van der Waals surface area contributed by atoms with E-state index in [-0.39, 0.29) is 6.17 Å². The molecule has 0 aromatic heterocycles. The molecule has 1 aromatic carbocycles. The van der Waals surface area contributed by atoms with Crippen LogP contribution in [0.2, 0.25) is 0 Å². The van der Waals surface area contributed by atoms with Crippen molar-refractivity contribution in [3.8, 4) is 0 Å². The summed E-state index contributed by atoms with van der Waals surface area (Å²) in [6, 6.07) is 10.1. The zero-order valence-corrected chi connectivity index (χ0v) is 12.4. The standard InChI is InChI=1S/C15H17N3O2S/c19-15(20)18-9-4-8-17-13(18)7-10-16(14(17)21)11-12-5-2-1-3-6-12/h1-3,5-7,10,13H,4,8-9,11H2,(H,19,20). The van der Waals surface area contributed by atoms with Gasteiger partial charge in [0.1, 0.15) is 6.17 Å². The van der Waals surface area contributed by atoms with Crippen LogP contribution in [0.4, 0.5) is 4.79 Å². The summed E-state index contributed by atoms with van der Waals surface area (Å²) >= 11 is 5.54. The number of carbonyl (C=O) groups is 1. The van der Waals surface area contributed by atoms with Gasteiger partial charge in [-0.1, -0.05) is 30.3 Å². The highest BCUT2D eigenvalue weighted by Crippen LogP contribution is 2.23. The summed E-state index contributed by atoms with van der Waals surface area (Å²) < 4.78 is 0. The highest BCUT2D eigenvalue weighted by atomic mass is 32.1. The van der Waals surface area contributed by atoms with Gasteiger partial charge in [-0.15, -0.1) is 0 Å². The minimum Gasteiger partial charge on any atom is -0.465 e. The Kier molecular flexibility index (Phi) is 3.79. The first kappa shape index (κ1) is 13.9. The van der Waals surface area contributed by atoms with E-state index >= 15 is 0 Å². The van der Waals surface area contributed by atoms with Crippen molar-refractivity contribution in [3.63, 3.8) is 0 Å². The fraction of sp³-hybridized carbons (Fsp3) is 0.333. The highest BCUT2D eigenvalue weighted by Gasteiger charge is 2.35. The normalized spacial score (nSPS) is 21.4. The summed E-state index contributed by atoms with van der Waals surface area (Å²) in [5, 5.41) is 9.96. The number of nitrogens with zero attached hydrogens (tertiary/aromatic N) is 3. The molecule has 1 saturated heterocycles. The Balaban J connectivity index is 1.79. The summed E-state index contributed by atoms with van der Waals surface area (Å²) in [6.45, 7) is 2.05. The van der Waals surface area contributed by atoms with E-state index in [0.29, 0.717) is 18.2 Å². The summed E-state index contributed by atoms with van der Waals surface area (Å²) in [5.74, 6) is 0. The van der Waals surface area contributed by atoms with Crippen LogP contribution < -0.4 is 0 Å². The van der Waals surface area contributed by atoms with Gasteiger partial charge in [0, 0.05) is 25.8 Å². The lowest BCUT2D eigenvalue weighted by molar-refractivity contribution is 0.0654. The van der Waals surface area contributed by atoms with Gasteiger partial charge in [-0.05, 0) is 30.3 Å². The van der Waals surface area contributed by atoms with E-state index in [2.05, 4.69) is 12.1 Å². The molecule has 0 radical (unpaired) electrons. The molecule has 5 nitrogen and oxygen atoms in total. The maximum Gasteiger partial charge on any atom is 0.409 e. The molecule has 1 fully saturated rings. The molecule has 2 aliphatic heterocycles. The van der Waals surface area contributed by atoms with Crippen molar-refractivity contribution >= 4 is 23.4 Å². The van der Waals surface area contributed by atoms with Crippen LogP contribution in [0.3, 0.4) is 0 Å². The Hall–Kier alpha value is -2.08. The fourth-order valence-corrected chi connectivity index (χ4v) is 3.10. The number of rotatable bonds is 2. The Morgan fingerprint density at radius 1 is 1.29 bits per heavy atom. The quantitative estimate of drug-likeness (QED) is 0.850. The van der Waals surface area contributed by atoms with Crippen molar-refractivity contribution < 1.29 is 9.90 Å². The van der Waals surface area contributed by atoms with Gasteiger partial charge >= 0.3 is 6.09 Å².